The highest BCUT2D eigenvalue weighted by molar-refractivity contribution is 6.01. The van der Waals surface area contributed by atoms with Crippen LogP contribution in [0.1, 0.15) is 24.2 Å². The number of hydrogen-bond donors (Lipinski definition) is 2. The Labute approximate surface area is 92.1 Å². The minimum Gasteiger partial charge on any atom is -0.478 e. The van der Waals surface area contributed by atoms with Crippen LogP contribution < -0.4 is 5.32 Å². The highest BCUT2D eigenvalue weighted by Crippen LogP contribution is 2.20. The number of rotatable bonds is 3. The van der Waals surface area contributed by atoms with E-state index in [0.717, 1.165) is 6.07 Å². The van der Waals surface area contributed by atoms with Crippen LogP contribution in [0.4, 0.5) is 10.1 Å². The fourth-order valence-electron chi connectivity index (χ4n) is 1.10. The molecule has 1 amide bonds. The van der Waals surface area contributed by atoms with Crippen molar-refractivity contribution >= 4 is 17.6 Å². The van der Waals surface area contributed by atoms with Gasteiger partial charge in [0, 0.05) is 5.92 Å². The molecule has 0 saturated heterocycles. The number of hydrogen-bond acceptors (Lipinski definition) is 2. The molecule has 16 heavy (non-hydrogen) atoms. The largest absolute Gasteiger partial charge is 0.478 e. The number of carboxylic acids is 1. The van der Waals surface area contributed by atoms with Crippen molar-refractivity contribution < 1.29 is 19.1 Å². The maximum Gasteiger partial charge on any atom is 0.337 e. The zero-order valence-corrected chi connectivity index (χ0v) is 8.95. The summed E-state index contributed by atoms with van der Waals surface area (Å²) in [4.78, 5) is 22.2. The normalized spacial score (nSPS) is 10.2. The van der Waals surface area contributed by atoms with Crippen molar-refractivity contribution in [3.8, 4) is 0 Å². The fourth-order valence-corrected chi connectivity index (χ4v) is 1.10. The Bertz CT molecular complexity index is 429. The molecule has 0 unspecified atom stereocenters. The summed E-state index contributed by atoms with van der Waals surface area (Å²) in [7, 11) is 0. The molecular weight excluding hydrogens is 213 g/mol. The number of nitrogens with one attached hydrogen (secondary N) is 1. The Morgan fingerprint density at radius 2 is 2.00 bits per heavy atom. The molecule has 0 aromatic heterocycles. The molecular formula is C11H12FNO3. The van der Waals surface area contributed by atoms with E-state index in [1.165, 1.54) is 12.1 Å². The Kier molecular flexibility index (Phi) is 3.60. The first-order chi connectivity index (χ1) is 7.43. The Morgan fingerprint density at radius 1 is 1.38 bits per heavy atom. The number of amides is 1. The molecule has 1 rings (SSSR count). The standard InChI is InChI=1S/C11H12FNO3/c1-6(2)10(14)13-9-7(11(15)16)4-3-5-8(9)12/h3-6H,1-2H3,(H,13,14)(H,15,16). The van der Waals surface area contributed by atoms with Gasteiger partial charge >= 0.3 is 5.97 Å². The number of benzene rings is 1. The lowest BCUT2D eigenvalue weighted by Crippen LogP contribution is -2.20. The first-order valence-corrected chi connectivity index (χ1v) is 4.76. The number of carboxylic acid groups (broad SMARTS) is 1. The number of carbonyl (C=O) groups is 2. The van der Waals surface area contributed by atoms with E-state index in [9.17, 15) is 14.0 Å². The van der Waals surface area contributed by atoms with Gasteiger partial charge in [-0.2, -0.15) is 0 Å². The smallest absolute Gasteiger partial charge is 0.337 e. The lowest BCUT2D eigenvalue weighted by atomic mass is 10.1. The lowest BCUT2D eigenvalue weighted by Gasteiger charge is -2.10. The third-order valence-electron chi connectivity index (χ3n) is 2.02. The van der Waals surface area contributed by atoms with Gasteiger partial charge in [0.05, 0.1) is 11.3 Å². The summed E-state index contributed by atoms with van der Waals surface area (Å²) >= 11 is 0. The quantitative estimate of drug-likeness (QED) is 0.827. The molecule has 0 spiro atoms. The predicted octanol–water partition coefficient (Wildman–Crippen LogP) is 2.12. The van der Waals surface area contributed by atoms with E-state index in [2.05, 4.69) is 5.32 Å². The second kappa shape index (κ2) is 4.74. The number of halogens is 1. The number of carbonyl (C=O) groups excluding carboxylic acids is 1. The van der Waals surface area contributed by atoms with Crippen LogP contribution in [0.15, 0.2) is 18.2 Å². The molecule has 0 bridgehead atoms. The molecule has 0 aliphatic rings. The number of aromatic carboxylic acids is 1. The number of anilines is 1. The highest BCUT2D eigenvalue weighted by atomic mass is 19.1. The van der Waals surface area contributed by atoms with E-state index in [1.54, 1.807) is 13.8 Å². The third-order valence-corrected chi connectivity index (χ3v) is 2.02. The van der Waals surface area contributed by atoms with E-state index in [0.29, 0.717) is 0 Å². The van der Waals surface area contributed by atoms with Crippen molar-refractivity contribution in [3.05, 3.63) is 29.6 Å². The molecule has 0 aliphatic heterocycles. The molecule has 0 radical (unpaired) electrons. The van der Waals surface area contributed by atoms with Gasteiger partial charge in [0.2, 0.25) is 5.91 Å². The van der Waals surface area contributed by atoms with Gasteiger partial charge in [0.1, 0.15) is 5.82 Å². The maximum absolute atomic E-state index is 13.4. The summed E-state index contributed by atoms with van der Waals surface area (Å²) in [5, 5.41) is 11.1. The summed E-state index contributed by atoms with van der Waals surface area (Å²) in [5.74, 6) is -2.80. The molecule has 0 aliphatic carbocycles. The van der Waals surface area contributed by atoms with Gasteiger partial charge in [0.15, 0.2) is 0 Å². The Balaban J connectivity index is 3.11. The summed E-state index contributed by atoms with van der Waals surface area (Å²) in [6.07, 6.45) is 0. The van der Waals surface area contributed by atoms with Crippen LogP contribution in [-0.4, -0.2) is 17.0 Å². The second-order valence-electron chi connectivity index (χ2n) is 3.61. The summed E-state index contributed by atoms with van der Waals surface area (Å²) < 4.78 is 13.4. The zero-order chi connectivity index (χ0) is 12.3. The van der Waals surface area contributed by atoms with Crippen molar-refractivity contribution in [2.75, 3.05) is 5.32 Å². The molecule has 5 heteroatoms. The summed E-state index contributed by atoms with van der Waals surface area (Å²) in [5.41, 5.74) is -0.539. The minimum absolute atomic E-state index is 0.256. The summed E-state index contributed by atoms with van der Waals surface area (Å²) in [6.45, 7) is 3.27. The SMILES string of the molecule is CC(C)C(=O)Nc1c(F)cccc1C(=O)O. The molecule has 0 saturated carbocycles. The topological polar surface area (TPSA) is 66.4 Å². The average molecular weight is 225 g/mol. The molecule has 0 atom stereocenters. The highest BCUT2D eigenvalue weighted by Gasteiger charge is 2.17. The van der Waals surface area contributed by atoms with Crippen LogP contribution in [-0.2, 0) is 4.79 Å². The van der Waals surface area contributed by atoms with E-state index in [4.69, 9.17) is 5.11 Å². The first-order valence-electron chi connectivity index (χ1n) is 4.76. The zero-order valence-electron chi connectivity index (χ0n) is 8.95. The van der Waals surface area contributed by atoms with Gasteiger partial charge in [0.25, 0.3) is 0 Å². The van der Waals surface area contributed by atoms with Gasteiger partial charge in [-0.25, -0.2) is 9.18 Å². The third kappa shape index (κ3) is 2.56. The van der Waals surface area contributed by atoms with Gasteiger partial charge in [-0.3, -0.25) is 4.79 Å². The number of para-hydroxylation sites is 1. The molecule has 1 aromatic carbocycles. The summed E-state index contributed by atoms with van der Waals surface area (Å²) in [6, 6.07) is 3.62. The van der Waals surface area contributed by atoms with Crippen molar-refractivity contribution in [3.63, 3.8) is 0 Å². The maximum atomic E-state index is 13.4. The van der Waals surface area contributed by atoms with Crippen molar-refractivity contribution in [2.45, 2.75) is 13.8 Å². The Hall–Kier alpha value is -1.91. The molecule has 1 aromatic rings. The van der Waals surface area contributed by atoms with Gasteiger partial charge in [-0.05, 0) is 12.1 Å². The van der Waals surface area contributed by atoms with Crippen LogP contribution >= 0.6 is 0 Å². The average Bonchev–Trinajstić information content (AvgIpc) is 2.20. The van der Waals surface area contributed by atoms with E-state index in [-0.39, 0.29) is 17.2 Å². The van der Waals surface area contributed by atoms with Crippen molar-refractivity contribution in [1.29, 1.82) is 0 Å². The molecule has 0 heterocycles. The van der Waals surface area contributed by atoms with E-state index >= 15 is 0 Å². The first kappa shape index (κ1) is 12.2. The van der Waals surface area contributed by atoms with Crippen LogP contribution in [0.2, 0.25) is 0 Å². The van der Waals surface area contributed by atoms with E-state index in [1.807, 2.05) is 0 Å². The fraction of sp³-hybridized carbons (Fsp3) is 0.273. The lowest BCUT2D eigenvalue weighted by molar-refractivity contribution is -0.118. The molecule has 0 fully saturated rings. The minimum atomic E-state index is -1.28. The molecule has 86 valence electrons. The second-order valence-corrected chi connectivity index (χ2v) is 3.61. The van der Waals surface area contributed by atoms with Crippen LogP contribution in [0, 0.1) is 11.7 Å². The van der Waals surface area contributed by atoms with Gasteiger partial charge in [-0.1, -0.05) is 19.9 Å². The van der Waals surface area contributed by atoms with Gasteiger partial charge < -0.3 is 10.4 Å². The van der Waals surface area contributed by atoms with Crippen LogP contribution in [0.3, 0.4) is 0 Å². The predicted molar refractivity (Wildman–Crippen MR) is 56.8 cm³/mol. The van der Waals surface area contributed by atoms with Gasteiger partial charge in [-0.15, -0.1) is 0 Å². The molecule has 2 N–H and O–H groups in total. The Morgan fingerprint density at radius 3 is 2.50 bits per heavy atom. The molecule has 4 nitrogen and oxygen atoms in total. The van der Waals surface area contributed by atoms with Crippen molar-refractivity contribution in [1.82, 2.24) is 0 Å². The monoisotopic (exact) mass is 225 g/mol. The van der Waals surface area contributed by atoms with Crippen LogP contribution in [0.25, 0.3) is 0 Å². The van der Waals surface area contributed by atoms with Crippen LogP contribution in [0.5, 0.6) is 0 Å². The van der Waals surface area contributed by atoms with Crippen molar-refractivity contribution in [2.24, 2.45) is 5.92 Å². The van der Waals surface area contributed by atoms with E-state index < -0.39 is 17.7 Å².